The second-order valence-corrected chi connectivity index (χ2v) is 10.1. The minimum atomic E-state index is -0.424. The van der Waals surface area contributed by atoms with Crippen molar-refractivity contribution in [3.05, 3.63) is 113 Å². The fraction of sp³-hybridized carbons (Fsp3) is 0.156. The molecule has 186 valence electrons. The van der Waals surface area contributed by atoms with Gasteiger partial charge in [-0.3, -0.25) is 24.4 Å². The number of imide groups is 1. The van der Waals surface area contributed by atoms with Crippen LogP contribution in [0.5, 0.6) is 0 Å². The van der Waals surface area contributed by atoms with Crippen LogP contribution in [0.1, 0.15) is 35.2 Å². The third-order valence-corrected chi connectivity index (χ3v) is 8.32. The Hall–Kier alpha value is -4.55. The summed E-state index contributed by atoms with van der Waals surface area (Å²) in [6.45, 7) is 3.95. The number of hydrogen-bond donors (Lipinski definition) is 1. The predicted octanol–water partition coefficient (Wildman–Crippen LogP) is 5.59. The summed E-state index contributed by atoms with van der Waals surface area (Å²) >= 11 is 0. The second kappa shape index (κ2) is 8.50. The Morgan fingerprint density at radius 3 is 2.55 bits per heavy atom. The molecule has 0 saturated heterocycles. The van der Waals surface area contributed by atoms with Crippen LogP contribution in [-0.4, -0.2) is 31.1 Å². The molecule has 4 heterocycles. The summed E-state index contributed by atoms with van der Waals surface area (Å²) in [5, 5.41) is 3.42. The molecule has 1 N–H and O–H groups in total. The van der Waals surface area contributed by atoms with Gasteiger partial charge >= 0.3 is 0 Å². The maximum absolute atomic E-state index is 13.4. The average molecular weight is 501 g/mol. The molecule has 3 aliphatic heterocycles. The van der Waals surface area contributed by atoms with E-state index in [-0.39, 0.29) is 6.04 Å². The van der Waals surface area contributed by atoms with Gasteiger partial charge in [0.15, 0.2) is 0 Å². The van der Waals surface area contributed by atoms with Gasteiger partial charge in [0.2, 0.25) is 0 Å². The van der Waals surface area contributed by atoms with E-state index in [1.54, 1.807) is 12.5 Å². The van der Waals surface area contributed by atoms with Gasteiger partial charge < -0.3 is 4.42 Å². The molecule has 2 unspecified atom stereocenters. The summed E-state index contributed by atoms with van der Waals surface area (Å²) in [7, 11) is 0. The van der Waals surface area contributed by atoms with E-state index in [2.05, 4.69) is 53.6 Å². The highest BCUT2D eigenvalue weighted by Crippen LogP contribution is 2.49. The number of nitrogens with one attached hydrogen (secondary N) is 1. The number of amides is 2. The van der Waals surface area contributed by atoms with Crippen molar-refractivity contribution in [2.45, 2.75) is 19.4 Å². The molecule has 6 heteroatoms. The number of benzene rings is 3. The van der Waals surface area contributed by atoms with Gasteiger partial charge in [0, 0.05) is 45.8 Å². The van der Waals surface area contributed by atoms with E-state index in [0.717, 1.165) is 30.5 Å². The van der Waals surface area contributed by atoms with Gasteiger partial charge in [0.1, 0.15) is 23.9 Å². The van der Waals surface area contributed by atoms with E-state index in [1.165, 1.54) is 16.8 Å². The van der Waals surface area contributed by atoms with E-state index < -0.39 is 11.8 Å². The molecule has 0 spiro atoms. The monoisotopic (exact) mass is 500 g/mol. The molecule has 2 amide bonds. The largest absolute Gasteiger partial charge is 0.464 e. The van der Waals surface area contributed by atoms with Crippen LogP contribution >= 0.6 is 0 Å². The first kappa shape index (κ1) is 22.6. The summed E-state index contributed by atoms with van der Waals surface area (Å²) < 4.78 is 6.47. The first-order valence-electron chi connectivity index (χ1n) is 12.9. The number of fused-ring (bicyclic) bond motifs is 1. The Kier molecular flexibility index (Phi) is 5.06. The van der Waals surface area contributed by atoms with Crippen molar-refractivity contribution in [1.29, 1.82) is 0 Å². The third kappa shape index (κ3) is 3.20. The van der Waals surface area contributed by atoms with Crippen LogP contribution in [0, 0.1) is 0 Å². The standard InChI is InChI=1S/C32H25N3O3/c1-20(21-7-3-2-4-8-21)35-16-13-22-9-5-11-24(29(22)35)26(19-33-15-17-35)28-27(31(36)34-32(28)37)25-12-6-10-23-14-18-38-30(23)25/h2-12,14-15,18-20H,13,16-17H2,1H3/p+1. The van der Waals surface area contributed by atoms with Crippen LogP contribution in [0.2, 0.25) is 0 Å². The quantitative estimate of drug-likeness (QED) is 0.293. The number of carbonyl (C=O) groups is 2. The van der Waals surface area contributed by atoms with E-state index >= 15 is 0 Å². The number of hydrogen-bond acceptors (Lipinski definition) is 4. The molecule has 4 aromatic rings. The van der Waals surface area contributed by atoms with Gasteiger partial charge in [-0.25, -0.2) is 0 Å². The van der Waals surface area contributed by atoms with Crippen molar-refractivity contribution < 1.29 is 14.0 Å². The molecule has 0 radical (unpaired) electrons. The highest BCUT2D eigenvalue weighted by molar-refractivity contribution is 6.41. The molecule has 1 aromatic heterocycles. The molecule has 0 saturated carbocycles. The van der Waals surface area contributed by atoms with Crippen LogP contribution in [0.25, 0.3) is 22.1 Å². The van der Waals surface area contributed by atoms with Gasteiger partial charge in [0.05, 0.1) is 30.2 Å². The Labute approximate surface area is 220 Å². The fourth-order valence-corrected chi connectivity index (χ4v) is 6.46. The van der Waals surface area contributed by atoms with Crippen molar-refractivity contribution >= 4 is 45.8 Å². The number of nitrogens with zero attached hydrogens (tertiary/aromatic N) is 2. The third-order valence-electron chi connectivity index (χ3n) is 8.32. The van der Waals surface area contributed by atoms with Crippen LogP contribution in [0.4, 0.5) is 5.69 Å². The summed E-state index contributed by atoms with van der Waals surface area (Å²) in [4.78, 5) is 31.4. The lowest BCUT2D eigenvalue weighted by molar-refractivity contribution is -0.123. The van der Waals surface area contributed by atoms with Gasteiger partial charge in [0.25, 0.3) is 11.8 Å². The lowest BCUT2D eigenvalue weighted by Gasteiger charge is -2.41. The Balaban J connectivity index is 1.48. The maximum Gasteiger partial charge on any atom is 0.259 e. The van der Waals surface area contributed by atoms with E-state index in [0.29, 0.717) is 32.3 Å². The highest BCUT2D eigenvalue weighted by atomic mass is 16.3. The number of quaternary nitrogens is 1. The molecule has 7 rings (SSSR count). The van der Waals surface area contributed by atoms with Crippen molar-refractivity contribution in [2.75, 3.05) is 13.1 Å². The van der Waals surface area contributed by atoms with E-state index in [9.17, 15) is 9.59 Å². The molecule has 6 nitrogen and oxygen atoms in total. The first-order chi connectivity index (χ1) is 18.6. The van der Waals surface area contributed by atoms with Crippen LogP contribution in [0.3, 0.4) is 0 Å². The minimum Gasteiger partial charge on any atom is -0.464 e. The van der Waals surface area contributed by atoms with Gasteiger partial charge in [-0.05, 0) is 19.1 Å². The summed E-state index contributed by atoms with van der Waals surface area (Å²) in [5.41, 5.74) is 7.18. The average Bonchev–Trinajstić information content (AvgIpc) is 3.64. The minimum absolute atomic E-state index is 0.175. The molecule has 3 aromatic carbocycles. The Bertz CT molecular complexity index is 1730. The van der Waals surface area contributed by atoms with Crippen LogP contribution < -0.4 is 9.80 Å². The lowest BCUT2D eigenvalue weighted by atomic mass is 9.89. The molecular formula is C32H26N3O3+. The van der Waals surface area contributed by atoms with Crippen molar-refractivity contribution in [2.24, 2.45) is 4.99 Å². The summed E-state index contributed by atoms with van der Waals surface area (Å²) in [6.07, 6.45) is 6.23. The predicted molar refractivity (Wildman–Crippen MR) is 149 cm³/mol. The Morgan fingerprint density at radius 1 is 0.895 bits per heavy atom. The fourth-order valence-electron chi connectivity index (χ4n) is 6.46. The normalized spacial score (nSPS) is 21.2. The van der Waals surface area contributed by atoms with Gasteiger partial charge in [-0.15, -0.1) is 0 Å². The molecule has 0 bridgehead atoms. The van der Waals surface area contributed by atoms with Crippen molar-refractivity contribution in [3.8, 4) is 0 Å². The molecule has 38 heavy (non-hydrogen) atoms. The topological polar surface area (TPSA) is 71.7 Å². The van der Waals surface area contributed by atoms with Gasteiger partial charge in [-0.1, -0.05) is 60.7 Å². The smallest absolute Gasteiger partial charge is 0.259 e. The zero-order valence-corrected chi connectivity index (χ0v) is 21.0. The zero-order valence-electron chi connectivity index (χ0n) is 21.0. The summed E-state index contributed by atoms with van der Waals surface area (Å²) in [5.74, 6) is -0.841. The number of rotatable bonds is 4. The molecule has 0 aliphatic carbocycles. The lowest BCUT2D eigenvalue weighted by Crippen LogP contribution is -2.51. The van der Waals surface area contributed by atoms with Crippen LogP contribution in [0.15, 0.2) is 100 Å². The highest BCUT2D eigenvalue weighted by Gasteiger charge is 2.47. The molecule has 0 fully saturated rings. The molecule has 2 atom stereocenters. The molecule has 3 aliphatic rings. The Morgan fingerprint density at radius 2 is 1.68 bits per heavy atom. The number of carbonyl (C=O) groups excluding carboxylic acids is 2. The molecular weight excluding hydrogens is 474 g/mol. The zero-order chi connectivity index (χ0) is 25.9. The number of furan rings is 1. The van der Waals surface area contributed by atoms with Crippen LogP contribution in [-0.2, 0) is 16.0 Å². The number of aliphatic imine (C=N–C) groups is 1. The first-order valence-corrected chi connectivity index (χ1v) is 12.9. The van der Waals surface area contributed by atoms with Gasteiger partial charge in [-0.2, -0.15) is 0 Å². The second-order valence-electron chi connectivity index (χ2n) is 10.1. The van der Waals surface area contributed by atoms with Crippen molar-refractivity contribution in [1.82, 2.24) is 9.80 Å². The van der Waals surface area contributed by atoms with E-state index in [1.807, 2.05) is 42.6 Å². The number of para-hydroxylation sites is 2. The summed E-state index contributed by atoms with van der Waals surface area (Å²) in [6, 6.07) is 24.5. The SMILES string of the molecule is CC(c1ccccc1)[N+]12CC=NC=C(C3=C(c4cccc5ccoc45)C(=O)NC3=O)c3cccc(c31)CC2. The van der Waals surface area contributed by atoms with Crippen molar-refractivity contribution in [3.63, 3.8) is 0 Å². The van der Waals surface area contributed by atoms with E-state index in [4.69, 9.17) is 4.42 Å². The maximum atomic E-state index is 13.4.